The van der Waals surface area contributed by atoms with Crippen molar-refractivity contribution in [2.45, 2.75) is 140 Å². The van der Waals surface area contributed by atoms with Crippen LogP contribution in [-0.4, -0.2) is 131 Å². The van der Waals surface area contributed by atoms with Crippen LogP contribution in [0.3, 0.4) is 0 Å². The van der Waals surface area contributed by atoms with Gasteiger partial charge >= 0.3 is 64.8 Å². The van der Waals surface area contributed by atoms with Crippen molar-refractivity contribution < 1.29 is 68.4 Å². The van der Waals surface area contributed by atoms with E-state index in [2.05, 4.69) is 74.3 Å². The maximum Gasteiger partial charge on any atom is 0.374 e. The van der Waals surface area contributed by atoms with Gasteiger partial charge in [0, 0.05) is 65.5 Å². The fourth-order valence-corrected chi connectivity index (χ4v) is 14.0. The summed E-state index contributed by atoms with van der Waals surface area (Å²) < 4.78 is 17.9. The number of carbonyl (C=O) groups excluding carboxylic acids is 2. The number of pyridine rings is 1. The zero-order chi connectivity index (χ0) is 91.4. The van der Waals surface area contributed by atoms with Gasteiger partial charge in [0.05, 0.1) is 72.6 Å². The van der Waals surface area contributed by atoms with E-state index in [0.717, 1.165) is 25.6 Å². The van der Waals surface area contributed by atoms with Gasteiger partial charge in [-0.05, 0) is 247 Å². The van der Waals surface area contributed by atoms with Crippen LogP contribution in [-0.2, 0) is 16.0 Å². The van der Waals surface area contributed by atoms with Gasteiger partial charge in [-0.2, -0.15) is 0 Å². The number of nitrogens with one attached hydrogen (secondary N) is 5. The maximum atomic E-state index is 13.3. The van der Waals surface area contributed by atoms with Gasteiger partial charge in [-0.3, -0.25) is 4.79 Å². The molecule has 121 heavy (non-hydrogen) atoms. The number of esters is 2. The minimum Gasteiger partial charge on any atom is -0.478 e. The number of carboxylic acids is 2. The molecule has 2 heterocycles. The largest absolute Gasteiger partial charge is 0.478 e. The number of benzene rings is 7. The second-order valence-electron chi connectivity index (χ2n) is 29.1. The summed E-state index contributed by atoms with van der Waals surface area (Å²) in [4.78, 5) is 69.7. The first kappa shape index (κ1) is 108. The molecule has 0 saturated heterocycles. The molecule has 9 rings (SSSR count). The number of carbonyl (C=O) groups is 4. The van der Waals surface area contributed by atoms with Crippen molar-refractivity contribution in [1.82, 2.24) is 30.7 Å². The molecule has 7 aromatic carbocycles. The predicted octanol–water partition coefficient (Wildman–Crippen LogP) is 17.0. The summed E-state index contributed by atoms with van der Waals surface area (Å²) in [6, 6.07) is 42.2. The van der Waals surface area contributed by atoms with Gasteiger partial charge in [0.25, 0.3) is 5.56 Å². The molecule has 12 N–H and O–H groups in total. The molecule has 22 nitrogen and oxygen atoms in total. The molecule has 0 saturated carbocycles. The highest BCUT2D eigenvalue weighted by Crippen LogP contribution is 2.29. The zero-order valence-electron chi connectivity index (χ0n) is 70.2. The van der Waals surface area contributed by atoms with Gasteiger partial charge in [0.15, 0.2) is 0 Å². The summed E-state index contributed by atoms with van der Waals surface area (Å²) in [6.07, 6.45) is 5.20. The van der Waals surface area contributed by atoms with Crippen LogP contribution in [0.4, 0.5) is 0 Å². The summed E-state index contributed by atoms with van der Waals surface area (Å²) in [5.74, 6) is 13.1. The van der Waals surface area contributed by atoms with Crippen molar-refractivity contribution >= 4 is 195 Å². The van der Waals surface area contributed by atoms with Crippen LogP contribution in [0.15, 0.2) is 166 Å². The molecule has 9 aromatic rings. The number of ether oxygens (including phenoxy) is 2. The maximum absolute atomic E-state index is 13.3. The molecule has 2 aromatic heterocycles. The number of nitrogens with zero attached hydrogens (tertiary/aromatic N) is 1. The lowest BCUT2D eigenvalue weighted by Crippen LogP contribution is -2.42. The molecule has 5 atom stereocenters. The molecule has 0 aliphatic rings. The van der Waals surface area contributed by atoms with Crippen molar-refractivity contribution in [3.05, 3.63) is 260 Å². The Balaban J connectivity index is 0.000000374. The number of halogens is 8. The Morgan fingerprint density at radius 2 is 0.818 bits per heavy atom. The summed E-state index contributed by atoms with van der Waals surface area (Å²) in [7, 11) is -0.576. The van der Waals surface area contributed by atoms with Crippen molar-refractivity contribution in [3.8, 4) is 36.0 Å². The first-order chi connectivity index (χ1) is 56.7. The van der Waals surface area contributed by atoms with E-state index in [9.17, 15) is 48.9 Å². The molecule has 0 spiro atoms. The van der Waals surface area contributed by atoms with E-state index < -0.39 is 58.8 Å². The molecule has 0 fully saturated rings. The van der Waals surface area contributed by atoms with Crippen LogP contribution in [0.2, 0.25) is 64.3 Å². The third-order valence-corrected chi connectivity index (χ3v) is 20.3. The second kappa shape index (κ2) is 54.4. The predicted molar refractivity (Wildman–Crippen MR) is 513 cm³/mol. The first-order valence-corrected chi connectivity index (χ1v) is 42.6. The molecule has 1 unspecified atom stereocenters. The molecule has 0 aliphatic carbocycles. The monoisotopic (exact) mass is 1990 g/mol. The van der Waals surface area contributed by atoms with Gasteiger partial charge in [-0.15, -0.1) is 6.42 Å². The number of rotatable bonds is 23. The Bertz CT molecular complexity index is 5220. The van der Waals surface area contributed by atoms with Crippen LogP contribution in [0, 0.1) is 72.8 Å². The number of carboxylic acid groups (broad SMARTS) is 2. The van der Waals surface area contributed by atoms with E-state index in [-0.39, 0.29) is 76.5 Å². The lowest BCUT2D eigenvalue weighted by molar-refractivity contribution is 0.0591. The van der Waals surface area contributed by atoms with E-state index >= 15 is 0 Å². The van der Waals surface area contributed by atoms with E-state index in [1.807, 2.05) is 143 Å². The molecule has 0 aliphatic heterocycles. The summed E-state index contributed by atoms with van der Waals surface area (Å²) >= 11 is 39.2. The third kappa shape index (κ3) is 37.9. The van der Waals surface area contributed by atoms with Gasteiger partial charge in [-0.25, -0.2) is 24.0 Å². The first-order valence-electron chi connectivity index (χ1n) is 38.2. The Morgan fingerprint density at radius 3 is 1.21 bits per heavy atom. The molecule has 0 bridgehead atoms. The van der Waals surface area contributed by atoms with E-state index in [1.165, 1.54) is 38.5 Å². The van der Waals surface area contributed by atoms with Gasteiger partial charge < -0.3 is 79.9 Å². The van der Waals surface area contributed by atoms with Gasteiger partial charge in [-0.1, -0.05) is 199 Å². The number of aromatic carboxylic acids is 2. The van der Waals surface area contributed by atoms with Crippen molar-refractivity contribution in [1.29, 1.82) is 0 Å². The highest BCUT2D eigenvalue weighted by molar-refractivity contribution is 14.1. The number of fused-ring (bicyclic) bond motifs is 2. The average Bonchev–Trinajstić information content (AvgIpc) is 0.771. The highest BCUT2D eigenvalue weighted by atomic mass is 127. The molecular formula is C86H101B5Cl6I2N6O16. The SMILES string of the molecule is C#C[C@H](NB(C)O)C(C)C.CB(O)NC(c1cc2cc(Cl)ccc2c(=O)n1Cc1ccccc1)C(C)C.CB(O)N[C@@H](C#Cc1cc(Cl)ccc1C(=O)O)C(C)C.CB(O)N[C@@H](c1cc2cc(Cl)ccc2c(=O)o1)C(C)C.COC(=O)c1ccc(Cl)cc1C#C[C@H](NB(C)O)C(C)C.COC(=O)c1ccc(Cl)cc1I.O=C(O)c1ccc(Cl)cc1I. The second-order valence-corrected chi connectivity index (χ2v) is 34.0. The number of terminal acetylenes is 1. The molecule has 0 radical (unpaired) electrons. The number of methoxy groups -OCH3 is 2. The smallest absolute Gasteiger partial charge is 0.374 e. The summed E-state index contributed by atoms with van der Waals surface area (Å²) in [5.41, 5.74) is 3.62. The average molecular weight is 2000 g/mol. The van der Waals surface area contributed by atoms with Gasteiger partial charge in [0.2, 0.25) is 0 Å². The van der Waals surface area contributed by atoms with Crippen LogP contribution in [0.5, 0.6) is 0 Å². The van der Waals surface area contributed by atoms with E-state index in [0.29, 0.717) is 85.0 Å². The molecule has 0 amide bonds. The van der Waals surface area contributed by atoms with Crippen molar-refractivity contribution in [2.24, 2.45) is 29.6 Å². The highest BCUT2D eigenvalue weighted by Gasteiger charge is 2.27. The fourth-order valence-electron chi connectivity index (χ4n) is 11.1. The number of aromatic nitrogens is 1. The Morgan fingerprint density at radius 1 is 0.455 bits per heavy atom. The fraction of sp³-hybridized carbons (Fsp3) is 0.326. The topological polar surface area (TPSA) is 341 Å². The van der Waals surface area contributed by atoms with E-state index in [1.54, 1.807) is 124 Å². The van der Waals surface area contributed by atoms with Crippen molar-refractivity contribution in [3.63, 3.8) is 0 Å². The number of hydrogen-bond acceptors (Lipinski definition) is 19. The van der Waals surface area contributed by atoms with Crippen LogP contribution < -0.4 is 37.3 Å². The molecule has 642 valence electrons. The Kier molecular flexibility index (Phi) is 48.5. The minimum absolute atomic E-state index is 0.0278. The van der Waals surface area contributed by atoms with Crippen LogP contribution >= 0.6 is 115 Å². The third-order valence-electron chi connectivity index (χ3n) is 17.1. The summed E-state index contributed by atoms with van der Waals surface area (Å²) in [6.45, 7) is 28.7. The Labute approximate surface area is 768 Å². The summed E-state index contributed by atoms with van der Waals surface area (Å²) in [5, 5.41) is 85.7. The standard InChI is InChI=1S/C21H24BClN2O2.C15H19BClNO3.2C14H17BClNO3.C8H6ClIO2.C7H14BNO.C7H4ClIO2/c1-14(2)20(24-22(3)27)19-12-16-11-17(23)9-10-18(16)21(26)25(19)13-15-7-5-4-6-8-15;1-10(2)14(18-16(3)20)8-5-11-9-12(17)6-7-13(11)15(19)21-4;1-8(2)13(17-15(3)19)12-7-9-6-10(16)4-5-11(9)14(18)20-12;1-9(2)13(17-15(3)20)7-4-10-8-11(16)5-6-12(10)14(18)19;1-12-8(11)6-3-2-5(9)4-7(6)10;1-5-7(6(2)3)9-8(4)10;8-4-1-2-5(7(10)11)6(9)3-4/h4-12,14,20,24,27H,13H2,1-3H3;6-7,9-10,14,18,20H,1-4H3;4-8,13,17,19H,1-3H3;5-6,8-9,13,17,20H,1-3H3,(H,18,19);2-4H,1H3;1,6-7,9-10H,2-4H3;1-3H,(H,10,11)/t;14-;2*13-;;7-;/m.010.0./s1. The molecular weight excluding hydrogens is 1890 g/mol. The van der Waals surface area contributed by atoms with Crippen LogP contribution in [0.25, 0.3) is 21.5 Å². The lowest BCUT2D eigenvalue weighted by atomic mass is 9.83. The van der Waals surface area contributed by atoms with Gasteiger partial charge in [0.1, 0.15) is 5.76 Å². The lowest BCUT2D eigenvalue weighted by Gasteiger charge is -2.27. The normalized spacial score (nSPS) is 11.8. The molecule has 35 heteroatoms. The Hall–Kier alpha value is -7.36. The zero-order valence-corrected chi connectivity index (χ0v) is 79.0. The quantitative estimate of drug-likeness (QED) is 0.0122. The minimum atomic E-state index is -1.05. The van der Waals surface area contributed by atoms with E-state index in [4.69, 9.17) is 100 Å². The number of hydrogen-bond donors (Lipinski definition) is 12. The van der Waals surface area contributed by atoms with Crippen molar-refractivity contribution in [2.75, 3.05) is 14.2 Å². The van der Waals surface area contributed by atoms with Crippen LogP contribution in [0.1, 0.15) is 151 Å².